The minimum Gasteiger partial charge on any atom is -0.461 e. The van der Waals surface area contributed by atoms with E-state index in [0.717, 1.165) is 5.56 Å². The summed E-state index contributed by atoms with van der Waals surface area (Å²) in [7, 11) is 0. The maximum Gasteiger partial charge on any atom is 0.356 e. The van der Waals surface area contributed by atoms with E-state index >= 15 is 0 Å². The first-order valence-electron chi connectivity index (χ1n) is 7.28. The van der Waals surface area contributed by atoms with Crippen molar-refractivity contribution in [3.05, 3.63) is 35.8 Å². The van der Waals surface area contributed by atoms with E-state index in [4.69, 9.17) is 9.47 Å². The number of aromatic nitrogens is 2. The fraction of sp³-hybridized carbons (Fsp3) is 0.500. The number of aliphatic hydroxyl groups is 1. The SMILES string of the molecule is CCOC(=O)c1cnc2cc(COCC(C)(C)CO)ccn12. The molecule has 0 saturated carbocycles. The zero-order chi connectivity index (χ0) is 16.2. The topological polar surface area (TPSA) is 73.1 Å². The zero-order valence-corrected chi connectivity index (χ0v) is 13.2. The highest BCUT2D eigenvalue weighted by atomic mass is 16.5. The Bertz CT molecular complexity index is 649. The van der Waals surface area contributed by atoms with Crippen molar-refractivity contribution >= 4 is 11.6 Å². The van der Waals surface area contributed by atoms with Crippen LogP contribution < -0.4 is 0 Å². The molecule has 2 heterocycles. The molecule has 6 nitrogen and oxygen atoms in total. The normalized spacial score (nSPS) is 11.8. The average Bonchev–Trinajstić information content (AvgIpc) is 2.90. The molecule has 0 spiro atoms. The second-order valence-corrected chi connectivity index (χ2v) is 5.94. The van der Waals surface area contributed by atoms with Gasteiger partial charge >= 0.3 is 5.97 Å². The summed E-state index contributed by atoms with van der Waals surface area (Å²) in [6, 6.07) is 3.75. The van der Waals surface area contributed by atoms with Gasteiger partial charge < -0.3 is 14.6 Å². The number of carbonyl (C=O) groups is 1. The lowest BCUT2D eigenvalue weighted by Crippen LogP contribution is -2.23. The Hall–Kier alpha value is -1.92. The first-order chi connectivity index (χ1) is 10.5. The van der Waals surface area contributed by atoms with E-state index in [1.165, 1.54) is 6.20 Å². The fourth-order valence-electron chi connectivity index (χ4n) is 1.96. The highest BCUT2D eigenvalue weighted by molar-refractivity contribution is 5.88. The zero-order valence-electron chi connectivity index (χ0n) is 13.2. The molecular formula is C16H22N2O4. The number of imidazole rings is 1. The summed E-state index contributed by atoms with van der Waals surface area (Å²) in [5.41, 5.74) is 1.78. The lowest BCUT2D eigenvalue weighted by Gasteiger charge is -2.21. The fourth-order valence-corrected chi connectivity index (χ4v) is 1.96. The van der Waals surface area contributed by atoms with Gasteiger partial charge in [0, 0.05) is 11.6 Å². The Morgan fingerprint density at radius 2 is 2.23 bits per heavy atom. The monoisotopic (exact) mass is 306 g/mol. The lowest BCUT2D eigenvalue weighted by atomic mass is 9.97. The van der Waals surface area contributed by atoms with Crippen molar-refractivity contribution in [3.8, 4) is 0 Å². The van der Waals surface area contributed by atoms with Crippen LogP contribution in [0.5, 0.6) is 0 Å². The summed E-state index contributed by atoms with van der Waals surface area (Å²) >= 11 is 0. The van der Waals surface area contributed by atoms with Crippen molar-refractivity contribution < 1.29 is 19.4 Å². The second-order valence-electron chi connectivity index (χ2n) is 5.94. The predicted molar refractivity (Wildman–Crippen MR) is 81.7 cm³/mol. The predicted octanol–water partition coefficient (Wildman–Crippen LogP) is 2.05. The summed E-state index contributed by atoms with van der Waals surface area (Å²) in [4.78, 5) is 16.0. The third-order valence-corrected chi connectivity index (χ3v) is 3.25. The molecule has 6 heteroatoms. The van der Waals surface area contributed by atoms with Crippen LogP contribution in [0, 0.1) is 5.41 Å². The first kappa shape index (κ1) is 16.5. The summed E-state index contributed by atoms with van der Waals surface area (Å²) in [6.45, 7) is 6.96. The number of rotatable bonds is 7. The molecule has 0 aliphatic rings. The average molecular weight is 306 g/mol. The van der Waals surface area contributed by atoms with Gasteiger partial charge in [-0.15, -0.1) is 0 Å². The summed E-state index contributed by atoms with van der Waals surface area (Å²) in [6.07, 6.45) is 3.29. The van der Waals surface area contributed by atoms with Gasteiger partial charge in [0.1, 0.15) is 5.65 Å². The Morgan fingerprint density at radius 3 is 2.91 bits per heavy atom. The number of hydrogen-bond acceptors (Lipinski definition) is 5. The van der Waals surface area contributed by atoms with Gasteiger partial charge in [0.2, 0.25) is 0 Å². The number of ether oxygens (including phenoxy) is 2. The van der Waals surface area contributed by atoms with Gasteiger partial charge in [-0.2, -0.15) is 0 Å². The van der Waals surface area contributed by atoms with E-state index < -0.39 is 0 Å². The molecule has 0 aliphatic heterocycles. The van der Waals surface area contributed by atoms with Crippen molar-refractivity contribution in [3.63, 3.8) is 0 Å². The van der Waals surface area contributed by atoms with Crippen LogP contribution in [0.2, 0.25) is 0 Å². The van der Waals surface area contributed by atoms with Gasteiger partial charge in [0.25, 0.3) is 0 Å². The highest BCUT2D eigenvalue weighted by Crippen LogP contribution is 2.16. The Balaban J connectivity index is 2.07. The van der Waals surface area contributed by atoms with E-state index in [9.17, 15) is 9.90 Å². The number of pyridine rings is 1. The molecule has 22 heavy (non-hydrogen) atoms. The van der Waals surface area contributed by atoms with Gasteiger partial charge in [-0.1, -0.05) is 13.8 Å². The van der Waals surface area contributed by atoms with Crippen LogP contribution in [0.3, 0.4) is 0 Å². The van der Waals surface area contributed by atoms with Crippen LogP contribution in [-0.2, 0) is 16.1 Å². The number of aliphatic hydroxyl groups excluding tert-OH is 1. The van der Waals surface area contributed by atoms with Gasteiger partial charge in [0.15, 0.2) is 5.69 Å². The van der Waals surface area contributed by atoms with Crippen LogP contribution in [-0.4, -0.2) is 40.3 Å². The minimum atomic E-state index is -0.385. The number of esters is 1. The Labute approximate surface area is 129 Å². The van der Waals surface area contributed by atoms with Crippen molar-refractivity contribution in [1.29, 1.82) is 0 Å². The van der Waals surface area contributed by atoms with Crippen molar-refractivity contribution in [2.75, 3.05) is 19.8 Å². The van der Waals surface area contributed by atoms with Gasteiger partial charge in [-0.05, 0) is 24.6 Å². The molecule has 0 aliphatic carbocycles. The smallest absolute Gasteiger partial charge is 0.356 e. The molecule has 0 amide bonds. The summed E-state index contributed by atoms with van der Waals surface area (Å²) < 4.78 is 12.3. The molecule has 0 saturated heterocycles. The van der Waals surface area contributed by atoms with E-state index in [1.54, 1.807) is 17.5 Å². The van der Waals surface area contributed by atoms with E-state index in [1.807, 2.05) is 26.0 Å². The Kier molecular flexibility index (Phi) is 5.15. The first-order valence-corrected chi connectivity index (χ1v) is 7.28. The van der Waals surface area contributed by atoms with Gasteiger partial charge in [0.05, 0.1) is 32.6 Å². The molecule has 1 N–H and O–H groups in total. The molecule has 0 unspecified atom stereocenters. The second kappa shape index (κ2) is 6.89. The maximum atomic E-state index is 11.8. The summed E-state index contributed by atoms with van der Waals surface area (Å²) in [5.74, 6) is -0.385. The molecule has 0 bridgehead atoms. The highest BCUT2D eigenvalue weighted by Gasteiger charge is 2.17. The molecule has 0 radical (unpaired) electrons. The molecule has 0 aromatic carbocycles. The van der Waals surface area contributed by atoms with Crippen LogP contribution in [0.25, 0.3) is 5.65 Å². The number of nitrogens with zero attached hydrogens (tertiary/aromatic N) is 2. The van der Waals surface area contributed by atoms with E-state index in [-0.39, 0.29) is 18.0 Å². The maximum absolute atomic E-state index is 11.8. The van der Waals surface area contributed by atoms with Crippen LogP contribution >= 0.6 is 0 Å². The van der Waals surface area contributed by atoms with Gasteiger partial charge in [-0.3, -0.25) is 4.40 Å². The lowest BCUT2D eigenvalue weighted by molar-refractivity contribution is 0.0198. The minimum absolute atomic E-state index is 0.0786. The molecule has 120 valence electrons. The van der Waals surface area contributed by atoms with Crippen LogP contribution in [0.15, 0.2) is 24.5 Å². The van der Waals surface area contributed by atoms with Gasteiger partial charge in [-0.25, -0.2) is 9.78 Å². The number of hydrogen-bond donors (Lipinski definition) is 1. The number of carbonyl (C=O) groups excluding carboxylic acids is 1. The van der Waals surface area contributed by atoms with Crippen LogP contribution in [0.4, 0.5) is 0 Å². The largest absolute Gasteiger partial charge is 0.461 e. The molecule has 2 aromatic heterocycles. The third-order valence-electron chi connectivity index (χ3n) is 3.25. The molecule has 0 atom stereocenters. The molecule has 0 fully saturated rings. The molecule has 2 rings (SSSR count). The quantitative estimate of drug-likeness (QED) is 0.793. The van der Waals surface area contributed by atoms with Crippen LogP contribution in [0.1, 0.15) is 36.8 Å². The standard InChI is InChI=1S/C16H22N2O4/c1-4-22-15(20)13-8-17-14-7-12(5-6-18(13)14)9-21-11-16(2,3)10-19/h5-8,19H,4,9-11H2,1-3H3. The van der Waals surface area contributed by atoms with E-state index in [2.05, 4.69) is 4.98 Å². The summed E-state index contributed by atoms with van der Waals surface area (Å²) in [5, 5.41) is 9.19. The number of fused-ring (bicyclic) bond motifs is 1. The van der Waals surface area contributed by atoms with Crippen molar-refractivity contribution in [2.24, 2.45) is 5.41 Å². The third kappa shape index (κ3) is 3.84. The molecule has 2 aromatic rings. The molecular weight excluding hydrogens is 284 g/mol. The Morgan fingerprint density at radius 1 is 1.45 bits per heavy atom. The van der Waals surface area contributed by atoms with Crippen molar-refractivity contribution in [1.82, 2.24) is 9.38 Å². The van der Waals surface area contributed by atoms with E-state index in [0.29, 0.717) is 31.2 Å². The van der Waals surface area contributed by atoms with Crippen molar-refractivity contribution in [2.45, 2.75) is 27.4 Å².